The van der Waals surface area contributed by atoms with Crippen LogP contribution in [0.2, 0.25) is 0 Å². The minimum atomic E-state index is -0.434. The van der Waals surface area contributed by atoms with Gasteiger partial charge in [-0.25, -0.2) is 4.98 Å². The zero-order valence-electron chi connectivity index (χ0n) is 13.6. The first-order valence-electron chi connectivity index (χ1n) is 8.63. The third-order valence-electron chi connectivity index (χ3n) is 5.22. The average molecular weight is 304 g/mol. The molecule has 2 N–H and O–H groups in total. The molecule has 2 heterocycles. The number of nitrogens with zero attached hydrogens (tertiary/aromatic N) is 3. The largest absolute Gasteiger partial charge is 0.389 e. The lowest BCUT2D eigenvalue weighted by molar-refractivity contribution is -0.0308. The lowest BCUT2D eigenvalue weighted by atomic mass is 9.83. The van der Waals surface area contributed by atoms with E-state index in [0.717, 1.165) is 56.8 Å². The summed E-state index contributed by atoms with van der Waals surface area (Å²) in [5.74, 6) is 1.34. The van der Waals surface area contributed by atoms with Crippen molar-refractivity contribution < 1.29 is 5.11 Å². The zero-order valence-corrected chi connectivity index (χ0v) is 13.6. The maximum atomic E-state index is 10.7. The first-order valence-corrected chi connectivity index (χ1v) is 8.63. The van der Waals surface area contributed by atoms with Gasteiger partial charge in [-0.1, -0.05) is 19.3 Å². The van der Waals surface area contributed by atoms with Gasteiger partial charge in [-0.15, -0.1) is 0 Å². The van der Waals surface area contributed by atoms with E-state index in [0.29, 0.717) is 5.92 Å². The van der Waals surface area contributed by atoms with Crippen molar-refractivity contribution in [2.75, 3.05) is 32.0 Å². The molecule has 22 heavy (non-hydrogen) atoms. The second-order valence-electron chi connectivity index (χ2n) is 6.91. The van der Waals surface area contributed by atoms with Crippen LogP contribution in [0.25, 0.3) is 0 Å². The van der Waals surface area contributed by atoms with Gasteiger partial charge in [-0.2, -0.15) is 0 Å². The molecule has 1 aliphatic heterocycles. The first kappa shape index (κ1) is 15.7. The first-order chi connectivity index (χ1) is 10.7. The molecule has 5 heteroatoms. The summed E-state index contributed by atoms with van der Waals surface area (Å²) in [7, 11) is 1.88. The van der Waals surface area contributed by atoms with Crippen LogP contribution >= 0.6 is 0 Å². The second kappa shape index (κ2) is 6.92. The summed E-state index contributed by atoms with van der Waals surface area (Å²) in [6, 6.07) is 0. The molecule has 3 rings (SSSR count). The highest BCUT2D eigenvalue weighted by atomic mass is 16.3. The Morgan fingerprint density at radius 2 is 1.95 bits per heavy atom. The van der Waals surface area contributed by atoms with Gasteiger partial charge in [-0.3, -0.25) is 4.98 Å². The van der Waals surface area contributed by atoms with Crippen LogP contribution < -0.4 is 5.32 Å². The fourth-order valence-electron chi connectivity index (χ4n) is 3.87. The quantitative estimate of drug-likeness (QED) is 0.894. The zero-order chi connectivity index (χ0) is 15.4. The summed E-state index contributed by atoms with van der Waals surface area (Å²) in [6.45, 7) is 2.96. The number of β-amino-alcohol motifs (C(OH)–C–C–N with tert-alkyl or cyclic N) is 1. The van der Waals surface area contributed by atoms with E-state index in [1.807, 2.05) is 13.2 Å². The van der Waals surface area contributed by atoms with Crippen LogP contribution in [0.5, 0.6) is 0 Å². The smallest absolute Gasteiger partial charge is 0.144 e. The number of hydrogen-bond donors (Lipinski definition) is 2. The van der Waals surface area contributed by atoms with E-state index in [-0.39, 0.29) is 0 Å². The predicted octanol–water partition coefficient (Wildman–Crippen LogP) is 2.39. The van der Waals surface area contributed by atoms with Crippen molar-refractivity contribution in [2.24, 2.45) is 0 Å². The Morgan fingerprint density at radius 3 is 2.64 bits per heavy atom. The van der Waals surface area contributed by atoms with E-state index in [2.05, 4.69) is 20.2 Å². The molecular weight excluding hydrogens is 276 g/mol. The maximum absolute atomic E-state index is 10.7. The van der Waals surface area contributed by atoms with Gasteiger partial charge in [0.05, 0.1) is 17.5 Å². The number of hydrogen-bond acceptors (Lipinski definition) is 5. The Balaban J connectivity index is 1.53. The summed E-state index contributed by atoms with van der Waals surface area (Å²) < 4.78 is 0. The summed E-state index contributed by atoms with van der Waals surface area (Å²) >= 11 is 0. The Labute approximate surface area is 133 Å². The Kier molecular flexibility index (Phi) is 4.93. The molecule has 0 bridgehead atoms. The highest BCUT2D eigenvalue weighted by Gasteiger charge is 2.33. The Morgan fingerprint density at radius 1 is 1.23 bits per heavy atom. The van der Waals surface area contributed by atoms with Crippen LogP contribution in [-0.4, -0.2) is 52.3 Å². The standard InChI is InChI=1S/C17H28N4O/c1-18-16-12-19-11-15(20-16)14-5-9-21(10-6-14)13-17(22)7-3-2-4-8-17/h11-12,14,22H,2-10,13H2,1H3,(H,18,20). The van der Waals surface area contributed by atoms with Gasteiger partial charge in [0.2, 0.25) is 0 Å². The van der Waals surface area contributed by atoms with E-state index < -0.39 is 5.60 Å². The van der Waals surface area contributed by atoms with Crippen molar-refractivity contribution >= 4 is 5.82 Å². The Hall–Kier alpha value is -1.20. The number of aromatic nitrogens is 2. The molecule has 1 aromatic heterocycles. The van der Waals surface area contributed by atoms with E-state index >= 15 is 0 Å². The molecule has 1 aliphatic carbocycles. The van der Waals surface area contributed by atoms with Gasteiger partial charge in [-0.05, 0) is 38.8 Å². The molecule has 0 aromatic carbocycles. The van der Waals surface area contributed by atoms with E-state index in [4.69, 9.17) is 0 Å². The van der Waals surface area contributed by atoms with Gasteiger partial charge < -0.3 is 15.3 Å². The fraction of sp³-hybridized carbons (Fsp3) is 0.765. The molecule has 122 valence electrons. The average Bonchev–Trinajstić information content (AvgIpc) is 2.56. The Bertz CT molecular complexity index is 479. The molecule has 5 nitrogen and oxygen atoms in total. The minimum absolute atomic E-state index is 0.434. The van der Waals surface area contributed by atoms with E-state index in [1.54, 1.807) is 6.20 Å². The molecule has 0 radical (unpaired) electrons. The van der Waals surface area contributed by atoms with Crippen molar-refractivity contribution in [2.45, 2.75) is 56.5 Å². The molecule has 1 saturated carbocycles. The van der Waals surface area contributed by atoms with E-state index in [1.165, 1.54) is 19.3 Å². The summed E-state index contributed by atoms with van der Waals surface area (Å²) in [5.41, 5.74) is 0.666. The van der Waals surface area contributed by atoms with Crippen molar-refractivity contribution in [1.82, 2.24) is 14.9 Å². The summed E-state index contributed by atoms with van der Waals surface area (Å²) in [6.07, 6.45) is 11.5. The number of likely N-dealkylation sites (tertiary alicyclic amines) is 1. The second-order valence-corrected chi connectivity index (χ2v) is 6.91. The van der Waals surface area contributed by atoms with Crippen molar-refractivity contribution in [3.8, 4) is 0 Å². The number of anilines is 1. The van der Waals surface area contributed by atoms with Crippen molar-refractivity contribution in [3.63, 3.8) is 0 Å². The van der Waals surface area contributed by atoms with Gasteiger partial charge in [0.1, 0.15) is 5.82 Å². The molecule has 1 aromatic rings. The number of rotatable bonds is 4. The normalized spacial score (nSPS) is 23.4. The molecule has 0 spiro atoms. The monoisotopic (exact) mass is 304 g/mol. The molecule has 2 aliphatic rings. The van der Waals surface area contributed by atoms with Crippen LogP contribution in [-0.2, 0) is 0 Å². The SMILES string of the molecule is CNc1cncc(C2CCN(CC3(O)CCCCC3)CC2)n1. The maximum Gasteiger partial charge on any atom is 0.144 e. The van der Waals surface area contributed by atoms with Crippen LogP contribution in [0, 0.1) is 0 Å². The predicted molar refractivity (Wildman–Crippen MR) is 88.0 cm³/mol. The van der Waals surface area contributed by atoms with Crippen LogP contribution in [0.4, 0.5) is 5.82 Å². The summed E-state index contributed by atoms with van der Waals surface area (Å²) in [5, 5.41) is 13.8. The van der Waals surface area contributed by atoms with Gasteiger partial charge in [0.25, 0.3) is 0 Å². The lowest BCUT2D eigenvalue weighted by Crippen LogP contribution is -2.46. The summed E-state index contributed by atoms with van der Waals surface area (Å²) in [4.78, 5) is 11.3. The van der Waals surface area contributed by atoms with E-state index in [9.17, 15) is 5.11 Å². The van der Waals surface area contributed by atoms with Gasteiger partial charge in [0.15, 0.2) is 0 Å². The number of nitrogens with one attached hydrogen (secondary N) is 1. The molecule has 0 amide bonds. The van der Waals surface area contributed by atoms with Crippen LogP contribution in [0.1, 0.15) is 56.6 Å². The molecule has 2 fully saturated rings. The number of piperidine rings is 1. The van der Waals surface area contributed by atoms with Crippen LogP contribution in [0.15, 0.2) is 12.4 Å². The third-order valence-corrected chi connectivity index (χ3v) is 5.22. The van der Waals surface area contributed by atoms with Gasteiger partial charge >= 0.3 is 0 Å². The highest BCUT2D eigenvalue weighted by Crippen LogP contribution is 2.32. The number of aliphatic hydroxyl groups is 1. The topological polar surface area (TPSA) is 61.3 Å². The van der Waals surface area contributed by atoms with Crippen molar-refractivity contribution in [1.29, 1.82) is 0 Å². The van der Waals surface area contributed by atoms with Crippen LogP contribution in [0.3, 0.4) is 0 Å². The molecular formula is C17H28N4O. The minimum Gasteiger partial charge on any atom is -0.389 e. The highest BCUT2D eigenvalue weighted by molar-refractivity contribution is 5.31. The molecule has 0 unspecified atom stereocenters. The third kappa shape index (κ3) is 3.76. The van der Waals surface area contributed by atoms with Crippen molar-refractivity contribution in [3.05, 3.63) is 18.1 Å². The molecule has 1 saturated heterocycles. The molecule has 0 atom stereocenters. The van der Waals surface area contributed by atoms with Gasteiger partial charge in [0, 0.05) is 25.7 Å². The fourth-order valence-corrected chi connectivity index (χ4v) is 3.87. The lowest BCUT2D eigenvalue weighted by Gasteiger charge is -2.39.